The standard InChI is InChI=1S/C15H19BrN2O2/c1-11-5-7-18(8-6-11)15(20)12-3-2-4-13(9-12)17-14(19)10-16/h2-4,9,11H,5-8,10H2,1H3,(H,17,19). The van der Waals surface area contributed by atoms with Crippen LogP contribution in [-0.2, 0) is 4.79 Å². The molecule has 5 heteroatoms. The predicted octanol–water partition coefficient (Wildman–Crippen LogP) is 2.89. The number of hydrogen-bond donors (Lipinski definition) is 1. The molecule has 0 radical (unpaired) electrons. The highest BCUT2D eigenvalue weighted by molar-refractivity contribution is 9.09. The molecule has 0 bridgehead atoms. The minimum atomic E-state index is -0.124. The van der Waals surface area contributed by atoms with Crippen LogP contribution < -0.4 is 5.32 Å². The highest BCUT2D eigenvalue weighted by atomic mass is 79.9. The zero-order valence-electron chi connectivity index (χ0n) is 11.6. The molecule has 1 heterocycles. The van der Waals surface area contributed by atoms with Crippen LogP contribution in [0.1, 0.15) is 30.1 Å². The van der Waals surface area contributed by atoms with E-state index >= 15 is 0 Å². The first-order valence-corrected chi connectivity index (χ1v) is 7.97. The Balaban J connectivity index is 2.06. The number of carbonyl (C=O) groups excluding carboxylic acids is 2. The lowest BCUT2D eigenvalue weighted by atomic mass is 9.98. The monoisotopic (exact) mass is 338 g/mol. The molecule has 0 saturated carbocycles. The van der Waals surface area contributed by atoms with Crippen molar-refractivity contribution < 1.29 is 9.59 Å². The Labute approximate surface area is 127 Å². The van der Waals surface area contributed by atoms with Crippen LogP contribution >= 0.6 is 15.9 Å². The lowest BCUT2D eigenvalue weighted by Crippen LogP contribution is -2.37. The van der Waals surface area contributed by atoms with Gasteiger partial charge in [-0.2, -0.15) is 0 Å². The van der Waals surface area contributed by atoms with E-state index in [0.29, 0.717) is 17.2 Å². The van der Waals surface area contributed by atoms with Crippen LogP contribution in [0.2, 0.25) is 0 Å². The van der Waals surface area contributed by atoms with Gasteiger partial charge in [-0.3, -0.25) is 9.59 Å². The van der Waals surface area contributed by atoms with E-state index in [1.807, 2.05) is 4.90 Å². The molecule has 1 N–H and O–H groups in total. The molecule has 1 aromatic carbocycles. The third kappa shape index (κ3) is 3.82. The van der Waals surface area contributed by atoms with Crippen molar-refractivity contribution in [2.24, 2.45) is 5.92 Å². The molecule has 20 heavy (non-hydrogen) atoms. The number of halogens is 1. The van der Waals surface area contributed by atoms with Gasteiger partial charge in [0, 0.05) is 24.3 Å². The Kier molecular flexibility index (Phi) is 5.17. The number of carbonyl (C=O) groups is 2. The van der Waals surface area contributed by atoms with E-state index in [-0.39, 0.29) is 17.1 Å². The number of hydrogen-bond acceptors (Lipinski definition) is 2. The van der Waals surface area contributed by atoms with E-state index in [2.05, 4.69) is 28.2 Å². The number of amides is 2. The van der Waals surface area contributed by atoms with Gasteiger partial charge in [0.25, 0.3) is 5.91 Å². The summed E-state index contributed by atoms with van der Waals surface area (Å²) in [5.41, 5.74) is 1.29. The second-order valence-electron chi connectivity index (χ2n) is 5.24. The highest BCUT2D eigenvalue weighted by Crippen LogP contribution is 2.19. The van der Waals surface area contributed by atoms with Gasteiger partial charge < -0.3 is 10.2 Å². The van der Waals surface area contributed by atoms with Gasteiger partial charge in [-0.1, -0.05) is 28.9 Å². The summed E-state index contributed by atoms with van der Waals surface area (Å²) in [7, 11) is 0. The maximum atomic E-state index is 12.4. The van der Waals surface area contributed by atoms with Crippen LogP contribution in [0, 0.1) is 5.92 Å². The molecule has 4 nitrogen and oxygen atoms in total. The fourth-order valence-electron chi connectivity index (χ4n) is 2.32. The van der Waals surface area contributed by atoms with Crippen LogP contribution in [0.15, 0.2) is 24.3 Å². The molecule has 0 atom stereocenters. The smallest absolute Gasteiger partial charge is 0.253 e. The SMILES string of the molecule is CC1CCN(C(=O)c2cccc(NC(=O)CBr)c2)CC1. The first-order valence-electron chi connectivity index (χ1n) is 6.85. The summed E-state index contributed by atoms with van der Waals surface area (Å²) in [6, 6.07) is 7.12. The van der Waals surface area contributed by atoms with Gasteiger partial charge in [0.2, 0.25) is 5.91 Å². The van der Waals surface area contributed by atoms with E-state index in [1.165, 1.54) is 0 Å². The number of alkyl halides is 1. The number of rotatable bonds is 3. The van der Waals surface area contributed by atoms with Crippen molar-refractivity contribution in [1.82, 2.24) is 4.90 Å². The average molecular weight is 339 g/mol. The number of nitrogens with zero attached hydrogens (tertiary/aromatic N) is 1. The minimum absolute atomic E-state index is 0.0480. The Morgan fingerprint density at radius 2 is 2.05 bits per heavy atom. The van der Waals surface area contributed by atoms with E-state index in [1.54, 1.807) is 24.3 Å². The number of benzene rings is 1. The molecule has 1 aromatic rings. The molecule has 1 aliphatic heterocycles. The Hall–Kier alpha value is -1.36. The molecule has 0 unspecified atom stereocenters. The summed E-state index contributed by atoms with van der Waals surface area (Å²) in [6.07, 6.45) is 2.12. The molecule has 108 valence electrons. The molecule has 2 amide bonds. The fraction of sp³-hybridized carbons (Fsp3) is 0.467. The number of likely N-dealkylation sites (tertiary alicyclic amines) is 1. The molecule has 0 aromatic heterocycles. The van der Waals surface area contributed by atoms with Crippen LogP contribution in [0.5, 0.6) is 0 Å². The second kappa shape index (κ2) is 6.88. The molecule has 2 rings (SSSR count). The molecular weight excluding hydrogens is 320 g/mol. The van der Waals surface area contributed by atoms with Crippen molar-refractivity contribution in [2.45, 2.75) is 19.8 Å². The van der Waals surface area contributed by atoms with Crippen molar-refractivity contribution >= 4 is 33.4 Å². The lowest BCUT2D eigenvalue weighted by molar-refractivity contribution is -0.113. The third-order valence-electron chi connectivity index (χ3n) is 3.59. The number of anilines is 1. The van der Waals surface area contributed by atoms with Crippen molar-refractivity contribution in [1.29, 1.82) is 0 Å². The summed E-state index contributed by atoms with van der Waals surface area (Å²) in [5, 5.41) is 2.99. The zero-order chi connectivity index (χ0) is 14.5. The average Bonchev–Trinajstić information content (AvgIpc) is 2.47. The van der Waals surface area contributed by atoms with E-state index in [0.717, 1.165) is 25.9 Å². The van der Waals surface area contributed by atoms with Crippen LogP contribution in [0.25, 0.3) is 0 Å². The largest absolute Gasteiger partial charge is 0.339 e. The zero-order valence-corrected chi connectivity index (χ0v) is 13.1. The van der Waals surface area contributed by atoms with Gasteiger partial charge in [-0.25, -0.2) is 0 Å². The number of nitrogens with one attached hydrogen (secondary N) is 1. The highest BCUT2D eigenvalue weighted by Gasteiger charge is 2.21. The van der Waals surface area contributed by atoms with Gasteiger partial charge in [0.05, 0.1) is 5.33 Å². The van der Waals surface area contributed by atoms with Crippen LogP contribution in [0.3, 0.4) is 0 Å². The first-order chi connectivity index (χ1) is 9.60. The first kappa shape index (κ1) is 15.0. The van der Waals surface area contributed by atoms with Crippen molar-refractivity contribution in [3.63, 3.8) is 0 Å². The minimum Gasteiger partial charge on any atom is -0.339 e. The van der Waals surface area contributed by atoms with Gasteiger partial charge >= 0.3 is 0 Å². The Bertz CT molecular complexity index is 496. The molecule has 1 fully saturated rings. The van der Waals surface area contributed by atoms with E-state index < -0.39 is 0 Å². The van der Waals surface area contributed by atoms with Gasteiger partial charge in [-0.15, -0.1) is 0 Å². The number of piperidine rings is 1. The summed E-state index contributed by atoms with van der Waals surface area (Å²) in [4.78, 5) is 25.7. The second-order valence-corrected chi connectivity index (χ2v) is 5.80. The molecule has 1 aliphatic rings. The third-order valence-corrected chi connectivity index (χ3v) is 4.09. The quantitative estimate of drug-likeness (QED) is 0.861. The summed E-state index contributed by atoms with van der Waals surface area (Å²) >= 11 is 3.10. The van der Waals surface area contributed by atoms with Crippen molar-refractivity contribution in [3.05, 3.63) is 29.8 Å². The van der Waals surface area contributed by atoms with E-state index in [9.17, 15) is 9.59 Å². The van der Waals surface area contributed by atoms with Gasteiger partial charge in [0.15, 0.2) is 0 Å². The summed E-state index contributed by atoms with van der Waals surface area (Å²) < 4.78 is 0. The summed E-state index contributed by atoms with van der Waals surface area (Å²) in [6.45, 7) is 3.86. The predicted molar refractivity (Wildman–Crippen MR) is 83.2 cm³/mol. The maximum Gasteiger partial charge on any atom is 0.253 e. The molecular formula is C15H19BrN2O2. The normalized spacial score (nSPS) is 16.0. The van der Waals surface area contributed by atoms with Crippen molar-refractivity contribution in [2.75, 3.05) is 23.7 Å². The molecule has 0 spiro atoms. The van der Waals surface area contributed by atoms with Gasteiger partial charge in [-0.05, 0) is 37.0 Å². The van der Waals surface area contributed by atoms with E-state index in [4.69, 9.17) is 0 Å². The van der Waals surface area contributed by atoms with Crippen LogP contribution in [-0.4, -0.2) is 35.1 Å². The summed E-state index contributed by atoms with van der Waals surface area (Å²) in [5.74, 6) is 0.622. The fourth-order valence-corrected chi connectivity index (χ4v) is 2.46. The van der Waals surface area contributed by atoms with Gasteiger partial charge in [0.1, 0.15) is 0 Å². The Morgan fingerprint density at radius 1 is 1.35 bits per heavy atom. The molecule has 0 aliphatic carbocycles. The Morgan fingerprint density at radius 3 is 2.70 bits per heavy atom. The maximum absolute atomic E-state index is 12.4. The molecule has 1 saturated heterocycles. The lowest BCUT2D eigenvalue weighted by Gasteiger charge is -2.30. The topological polar surface area (TPSA) is 49.4 Å². The van der Waals surface area contributed by atoms with Crippen molar-refractivity contribution in [3.8, 4) is 0 Å². The van der Waals surface area contributed by atoms with Crippen LogP contribution in [0.4, 0.5) is 5.69 Å².